The number of para-hydroxylation sites is 1. The van der Waals surface area contributed by atoms with E-state index < -0.39 is 0 Å². The Hall–Kier alpha value is -1.44. The van der Waals surface area contributed by atoms with Crippen LogP contribution in [0.15, 0.2) is 30.5 Å². The predicted molar refractivity (Wildman–Crippen MR) is 46.5 cm³/mol. The number of hydrogen-bond acceptors (Lipinski definition) is 2. The quantitative estimate of drug-likeness (QED) is 0.629. The second-order valence-electron chi connectivity index (χ2n) is 2.64. The number of fused-ring (bicyclic) bond motifs is 1. The monoisotopic (exact) mass is 162 g/mol. The highest BCUT2D eigenvalue weighted by atomic mass is 16.5. The van der Waals surface area contributed by atoms with Gasteiger partial charge in [-0.1, -0.05) is 12.1 Å². The fraction of sp³-hybridized carbons (Fsp3) is 0.200. The third-order valence-electron chi connectivity index (χ3n) is 1.90. The predicted octanol–water partition coefficient (Wildman–Crippen LogP) is 2.14. The van der Waals surface area contributed by atoms with Crippen LogP contribution in [0.3, 0.4) is 0 Å². The van der Waals surface area contributed by atoms with Crippen molar-refractivity contribution in [2.24, 2.45) is 0 Å². The fourth-order valence-corrected chi connectivity index (χ4v) is 1.31. The summed E-state index contributed by atoms with van der Waals surface area (Å²) in [4.78, 5) is 0. The molecule has 2 heteroatoms. The Bertz CT molecular complexity index is 316. The molecule has 0 unspecified atom stereocenters. The molecule has 1 heterocycles. The van der Waals surface area contributed by atoms with Crippen LogP contribution in [0.25, 0.3) is 0 Å². The van der Waals surface area contributed by atoms with Gasteiger partial charge in [-0.05, 0) is 18.6 Å². The summed E-state index contributed by atoms with van der Waals surface area (Å²) in [6.07, 6.45) is 4.61. The molecule has 0 fully saturated rings. The lowest BCUT2D eigenvalue weighted by Gasteiger charge is -2.14. The molecule has 0 saturated heterocycles. The molecule has 1 aromatic rings. The summed E-state index contributed by atoms with van der Waals surface area (Å²) in [6.45, 7) is 0. The summed E-state index contributed by atoms with van der Waals surface area (Å²) in [7, 11) is 1.65. The van der Waals surface area contributed by atoms with Crippen LogP contribution in [0.2, 0.25) is 0 Å². The molecular weight excluding hydrogens is 152 g/mol. The van der Waals surface area contributed by atoms with Crippen molar-refractivity contribution in [3.8, 4) is 11.5 Å². The van der Waals surface area contributed by atoms with E-state index in [2.05, 4.69) is 0 Å². The molecule has 0 aliphatic carbocycles. The summed E-state index contributed by atoms with van der Waals surface area (Å²) in [6, 6.07) is 5.92. The SMILES string of the molecule is COc1cccc2c1OC=CC2. The lowest BCUT2D eigenvalue weighted by Crippen LogP contribution is -1.98. The van der Waals surface area contributed by atoms with E-state index in [9.17, 15) is 0 Å². The third-order valence-corrected chi connectivity index (χ3v) is 1.90. The van der Waals surface area contributed by atoms with Gasteiger partial charge in [0.2, 0.25) is 0 Å². The van der Waals surface area contributed by atoms with E-state index in [0.29, 0.717) is 0 Å². The molecule has 0 N–H and O–H groups in total. The van der Waals surface area contributed by atoms with Crippen LogP contribution in [-0.2, 0) is 6.42 Å². The van der Waals surface area contributed by atoms with Crippen LogP contribution in [0, 0.1) is 0 Å². The molecule has 62 valence electrons. The van der Waals surface area contributed by atoms with E-state index >= 15 is 0 Å². The first-order chi connectivity index (χ1) is 5.92. The number of benzene rings is 1. The number of hydrogen-bond donors (Lipinski definition) is 0. The van der Waals surface area contributed by atoms with E-state index in [-0.39, 0.29) is 0 Å². The standard InChI is InChI=1S/C10H10O2/c1-11-9-6-2-4-8-5-3-7-12-10(8)9/h2-4,6-7H,5H2,1H3. The minimum Gasteiger partial charge on any atom is -0.493 e. The Kier molecular flexibility index (Phi) is 1.74. The Morgan fingerprint density at radius 2 is 2.33 bits per heavy atom. The highest BCUT2D eigenvalue weighted by molar-refractivity contribution is 5.48. The number of methoxy groups -OCH3 is 1. The van der Waals surface area contributed by atoms with Gasteiger partial charge < -0.3 is 9.47 Å². The van der Waals surface area contributed by atoms with Gasteiger partial charge in [0.15, 0.2) is 11.5 Å². The van der Waals surface area contributed by atoms with Crippen molar-refractivity contribution in [3.05, 3.63) is 36.1 Å². The minimum absolute atomic E-state index is 0.803. The van der Waals surface area contributed by atoms with Gasteiger partial charge >= 0.3 is 0 Å². The normalized spacial score (nSPS) is 13.4. The van der Waals surface area contributed by atoms with Crippen molar-refractivity contribution in [2.75, 3.05) is 7.11 Å². The van der Waals surface area contributed by atoms with Gasteiger partial charge in [-0.15, -0.1) is 0 Å². The van der Waals surface area contributed by atoms with E-state index in [0.717, 1.165) is 17.9 Å². The Labute approximate surface area is 71.4 Å². The average Bonchev–Trinajstić information content (AvgIpc) is 2.17. The largest absolute Gasteiger partial charge is 0.493 e. The zero-order valence-electron chi connectivity index (χ0n) is 6.91. The maximum absolute atomic E-state index is 5.34. The zero-order chi connectivity index (χ0) is 8.39. The molecule has 0 spiro atoms. The Balaban J connectivity index is 2.48. The molecule has 0 amide bonds. The van der Waals surface area contributed by atoms with Crippen molar-refractivity contribution < 1.29 is 9.47 Å². The van der Waals surface area contributed by atoms with Gasteiger partial charge in [-0.2, -0.15) is 0 Å². The number of rotatable bonds is 1. The Morgan fingerprint density at radius 1 is 1.42 bits per heavy atom. The molecule has 12 heavy (non-hydrogen) atoms. The first kappa shape index (κ1) is 7.22. The average molecular weight is 162 g/mol. The Morgan fingerprint density at radius 3 is 3.17 bits per heavy atom. The van der Waals surface area contributed by atoms with Gasteiger partial charge in [-0.3, -0.25) is 0 Å². The number of allylic oxidation sites excluding steroid dienone is 1. The first-order valence-corrected chi connectivity index (χ1v) is 3.89. The highest BCUT2D eigenvalue weighted by Crippen LogP contribution is 2.33. The second kappa shape index (κ2) is 2.89. The molecule has 1 aliphatic rings. The van der Waals surface area contributed by atoms with Crippen LogP contribution in [-0.4, -0.2) is 7.11 Å². The van der Waals surface area contributed by atoms with Crippen LogP contribution in [0.5, 0.6) is 11.5 Å². The lowest BCUT2D eigenvalue weighted by molar-refractivity contribution is 0.372. The van der Waals surface area contributed by atoms with Crippen molar-refractivity contribution in [1.82, 2.24) is 0 Å². The maximum atomic E-state index is 5.34. The molecule has 0 aromatic heterocycles. The summed E-state index contributed by atoms with van der Waals surface area (Å²) >= 11 is 0. The van der Waals surface area contributed by atoms with Crippen molar-refractivity contribution >= 4 is 0 Å². The van der Waals surface area contributed by atoms with Gasteiger partial charge in [0, 0.05) is 5.56 Å². The first-order valence-electron chi connectivity index (χ1n) is 3.89. The van der Waals surface area contributed by atoms with Crippen molar-refractivity contribution in [3.63, 3.8) is 0 Å². The second-order valence-corrected chi connectivity index (χ2v) is 2.64. The molecule has 0 radical (unpaired) electrons. The van der Waals surface area contributed by atoms with Crippen molar-refractivity contribution in [2.45, 2.75) is 6.42 Å². The summed E-state index contributed by atoms with van der Waals surface area (Å²) in [5, 5.41) is 0. The lowest BCUT2D eigenvalue weighted by atomic mass is 10.1. The van der Waals surface area contributed by atoms with Crippen LogP contribution in [0.4, 0.5) is 0 Å². The van der Waals surface area contributed by atoms with E-state index in [1.807, 2.05) is 24.3 Å². The summed E-state index contributed by atoms with van der Waals surface area (Å²) < 4.78 is 10.5. The molecule has 2 rings (SSSR count). The zero-order valence-corrected chi connectivity index (χ0v) is 6.91. The van der Waals surface area contributed by atoms with Crippen LogP contribution < -0.4 is 9.47 Å². The number of ether oxygens (including phenoxy) is 2. The summed E-state index contributed by atoms with van der Waals surface area (Å²) in [5.41, 5.74) is 1.18. The van der Waals surface area contributed by atoms with E-state index in [4.69, 9.17) is 9.47 Å². The van der Waals surface area contributed by atoms with Gasteiger partial charge in [-0.25, -0.2) is 0 Å². The summed E-state index contributed by atoms with van der Waals surface area (Å²) in [5.74, 6) is 1.65. The minimum atomic E-state index is 0.803. The van der Waals surface area contributed by atoms with Gasteiger partial charge in [0.1, 0.15) is 0 Å². The van der Waals surface area contributed by atoms with E-state index in [1.54, 1.807) is 13.4 Å². The fourth-order valence-electron chi connectivity index (χ4n) is 1.31. The molecule has 2 nitrogen and oxygen atoms in total. The van der Waals surface area contributed by atoms with Gasteiger partial charge in [0.05, 0.1) is 13.4 Å². The maximum Gasteiger partial charge on any atom is 0.171 e. The molecule has 0 saturated carbocycles. The van der Waals surface area contributed by atoms with Crippen LogP contribution in [0.1, 0.15) is 5.56 Å². The van der Waals surface area contributed by atoms with E-state index in [1.165, 1.54) is 5.56 Å². The third kappa shape index (κ3) is 1.05. The smallest absolute Gasteiger partial charge is 0.171 e. The topological polar surface area (TPSA) is 18.5 Å². The van der Waals surface area contributed by atoms with Crippen LogP contribution >= 0.6 is 0 Å². The molecule has 1 aromatic carbocycles. The molecular formula is C10H10O2. The van der Waals surface area contributed by atoms with Gasteiger partial charge in [0.25, 0.3) is 0 Å². The molecule has 0 atom stereocenters. The van der Waals surface area contributed by atoms with Crippen molar-refractivity contribution in [1.29, 1.82) is 0 Å². The highest BCUT2D eigenvalue weighted by Gasteiger charge is 2.10. The molecule has 1 aliphatic heterocycles. The molecule has 0 bridgehead atoms.